The van der Waals surface area contributed by atoms with Crippen molar-refractivity contribution in [3.05, 3.63) is 65.9 Å². The molecule has 1 aromatic heterocycles. The molecule has 2 N–H and O–H groups in total. The van der Waals surface area contributed by atoms with E-state index in [1.807, 2.05) is 35.0 Å². The normalized spacial score (nSPS) is 10.5. The smallest absolute Gasteiger partial charge is 0.325 e. The number of thioether (sulfide) groups is 1. The van der Waals surface area contributed by atoms with E-state index < -0.39 is 0 Å². The molecular formula is C16H14ClN4OS+. The molecule has 1 amide bonds. The first-order valence-corrected chi connectivity index (χ1v) is 8.28. The number of para-hydroxylation sites is 1. The molecule has 23 heavy (non-hydrogen) atoms. The molecule has 0 unspecified atom stereocenters. The van der Waals surface area contributed by atoms with E-state index in [2.05, 4.69) is 15.4 Å². The number of hydrogen-bond donors (Lipinski definition) is 2. The molecule has 1 heterocycles. The lowest BCUT2D eigenvalue weighted by atomic mass is 10.3. The van der Waals surface area contributed by atoms with Crippen molar-refractivity contribution in [2.45, 2.75) is 5.16 Å². The highest BCUT2D eigenvalue weighted by Gasteiger charge is 2.18. The maximum absolute atomic E-state index is 12.0. The molecule has 0 radical (unpaired) electrons. The number of anilines is 1. The molecule has 0 saturated carbocycles. The van der Waals surface area contributed by atoms with Gasteiger partial charge in [-0.15, -0.1) is 4.68 Å². The van der Waals surface area contributed by atoms with Crippen LogP contribution < -0.4 is 10.00 Å². The molecule has 7 heteroatoms. The Bertz CT molecular complexity index is 789. The fourth-order valence-corrected chi connectivity index (χ4v) is 2.85. The van der Waals surface area contributed by atoms with Crippen LogP contribution in [-0.4, -0.2) is 21.7 Å². The number of rotatable bonds is 5. The summed E-state index contributed by atoms with van der Waals surface area (Å²) in [7, 11) is 0. The lowest BCUT2D eigenvalue weighted by Gasteiger charge is -2.03. The molecule has 0 spiro atoms. The molecule has 3 rings (SSSR count). The summed E-state index contributed by atoms with van der Waals surface area (Å²) in [5, 5.41) is 7.23. The third kappa shape index (κ3) is 4.12. The molecule has 5 nitrogen and oxygen atoms in total. The minimum Gasteiger partial charge on any atom is -0.325 e. The van der Waals surface area contributed by atoms with E-state index >= 15 is 0 Å². The first-order chi connectivity index (χ1) is 11.2. The van der Waals surface area contributed by atoms with Gasteiger partial charge < -0.3 is 5.32 Å². The fourth-order valence-electron chi connectivity index (χ4n) is 1.98. The van der Waals surface area contributed by atoms with Crippen molar-refractivity contribution in [3.8, 4) is 5.69 Å². The number of amides is 1. The minimum absolute atomic E-state index is 0.0973. The van der Waals surface area contributed by atoms with E-state index in [0.717, 1.165) is 16.5 Å². The number of benzene rings is 2. The van der Waals surface area contributed by atoms with Gasteiger partial charge in [0.05, 0.1) is 5.75 Å². The first-order valence-electron chi connectivity index (χ1n) is 6.91. The van der Waals surface area contributed by atoms with Gasteiger partial charge >= 0.3 is 5.16 Å². The Morgan fingerprint density at radius 1 is 1.17 bits per heavy atom. The van der Waals surface area contributed by atoms with Gasteiger partial charge in [-0.05, 0) is 53.1 Å². The molecule has 0 fully saturated rings. The van der Waals surface area contributed by atoms with Crippen molar-refractivity contribution in [1.29, 1.82) is 0 Å². The van der Waals surface area contributed by atoms with Crippen LogP contribution in [0.25, 0.3) is 5.69 Å². The Labute approximate surface area is 142 Å². The number of halogens is 1. The zero-order chi connectivity index (χ0) is 16.1. The van der Waals surface area contributed by atoms with E-state index in [9.17, 15) is 4.79 Å². The summed E-state index contributed by atoms with van der Waals surface area (Å²) >= 11 is 7.18. The second kappa shape index (κ2) is 7.30. The van der Waals surface area contributed by atoms with Crippen LogP contribution in [0.3, 0.4) is 0 Å². The number of nitrogens with one attached hydrogen (secondary N) is 2. The third-order valence-corrected chi connectivity index (χ3v) is 4.23. The number of aromatic amines is 1. The Morgan fingerprint density at radius 3 is 2.65 bits per heavy atom. The standard InChI is InChI=1S/C16H13ClN4OS/c17-12-6-8-13(9-7-12)20-15(22)10-23-16-18-11-19-21(16)14-4-2-1-3-5-14/h1-9,11H,10H2,(H,20,22)/p+1. The third-order valence-electron chi connectivity index (χ3n) is 3.03. The van der Waals surface area contributed by atoms with Crippen LogP contribution in [0.5, 0.6) is 0 Å². The van der Waals surface area contributed by atoms with Gasteiger partial charge in [0.15, 0.2) is 5.69 Å². The maximum atomic E-state index is 12.0. The van der Waals surface area contributed by atoms with Crippen LogP contribution >= 0.6 is 23.4 Å². The van der Waals surface area contributed by atoms with Gasteiger partial charge in [-0.3, -0.25) is 4.79 Å². The van der Waals surface area contributed by atoms with Crippen molar-refractivity contribution in [1.82, 2.24) is 10.1 Å². The quantitative estimate of drug-likeness (QED) is 0.552. The molecule has 0 aliphatic carbocycles. The number of aromatic nitrogens is 3. The maximum Gasteiger partial charge on any atom is 0.385 e. The monoisotopic (exact) mass is 345 g/mol. The first kappa shape index (κ1) is 15.6. The Hall–Kier alpha value is -2.31. The molecule has 0 aliphatic rings. The highest BCUT2D eigenvalue weighted by atomic mass is 35.5. The summed E-state index contributed by atoms with van der Waals surface area (Å²) in [6, 6.07) is 16.8. The van der Waals surface area contributed by atoms with E-state index in [1.54, 1.807) is 30.6 Å². The average molecular weight is 346 g/mol. The Balaban J connectivity index is 1.62. The summed E-state index contributed by atoms with van der Waals surface area (Å²) in [5.41, 5.74) is 1.68. The molecule has 0 bridgehead atoms. The second-order valence-electron chi connectivity index (χ2n) is 4.68. The van der Waals surface area contributed by atoms with Crippen LogP contribution in [0.4, 0.5) is 5.69 Å². The van der Waals surface area contributed by atoms with Crippen LogP contribution in [0.15, 0.2) is 66.1 Å². The highest BCUT2D eigenvalue weighted by molar-refractivity contribution is 7.99. The Morgan fingerprint density at radius 2 is 1.91 bits per heavy atom. The molecule has 2 aromatic carbocycles. The van der Waals surface area contributed by atoms with Gasteiger partial charge in [0.1, 0.15) is 0 Å². The SMILES string of the molecule is O=C(CSc1nc[nH][n+]1-c1ccccc1)Nc1ccc(Cl)cc1. The number of H-pyrrole nitrogens is 1. The summed E-state index contributed by atoms with van der Waals surface area (Å²) in [6.45, 7) is 0. The number of carbonyl (C=O) groups is 1. The van der Waals surface area contributed by atoms with Crippen LogP contribution in [0, 0.1) is 0 Å². The van der Waals surface area contributed by atoms with Crippen LogP contribution in [0.1, 0.15) is 0 Å². The number of nitrogens with zero attached hydrogens (tertiary/aromatic N) is 2. The van der Waals surface area contributed by atoms with Gasteiger partial charge in [0.2, 0.25) is 12.2 Å². The molecule has 3 aromatic rings. The minimum atomic E-state index is -0.0973. The van der Waals surface area contributed by atoms with Crippen molar-refractivity contribution >= 4 is 35.0 Å². The Kier molecular flexibility index (Phi) is 4.95. The van der Waals surface area contributed by atoms with Gasteiger partial charge in [0.25, 0.3) is 0 Å². The molecule has 0 atom stereocenters. The highest BCUT2D eigenvalue weighted by Crippen LogP contribution is 2.15. The predicted molar refractivity (Wildman–Crippen MR) is 90.9 cm³/mol. The number of hydrogen-bond acceptors (Lipinski definition) is 3. The summed E-state index contributed by atoms with van der Waals surface area (Å²) in [5.74, 6) is 0.167. The van der Waals surface area contributed by atoms with Crippen LogP contribution in [-0.2, 0) is 4.79 Å². The van der Waals surface area contributed by atoms with Crippen molar-refractivity contribution in [3.63, 3.8) is 0 Å². The van der Waals surface area contributed by atoms with E-state index in [-0.39, 0.29) is 11.7 Å². The zero-order valence-electron chi connectivity index (χ0n) is 12.1. The molecule has 116 valence electrons. The van der Waals surface area contributed by atoms with Crippen LogP contribution in [0.2, 0.25) is 5.02 Å². The molecular weight excluding hydrogens is 332 g/mol. The second-order valence-corrected chi connectivity index (χ2v) is 6.06. The predicted octanol–water partition coefficient (Wildman–Crippen LogP) is 3.07. The average Bonchev–Trinajstić information content (AvgIpc) is 3.04. The largest absolute Gasteiger partial charge is 0.385 e. The lowest BCUT2D eigenvalue weighted by molar-refractivity contribution is -0.694. The molecule has 0 saturated heterocycles. The zero-order valence-corrected chi connectivity index (χ0v) is 13.6. The topological polar surface area (TPSA) is 61.7 Å². The summed E-state index contributed by atoms with van der Waals surface area (Å²) < 4.78 is 1.83. The van der Waals surface area contributed by atoms with Crippen molar-refractivity contribution < 1.29 is 9.48 Å². The van der Waals surface area contributed by atoms with Gasteiger partial charge in [-0.25, -0.2) is 0 Å². The van der Waals surface area contributed by atoms with E-state index in [1.165, 1.54) is 11.8 Å². The van der Waals surface area contributed by atoms with Gasteiger partial charge in [0, 0.05) is 10.7 Å². The van der Waals surface area contributed by atoms with Gasteiger partial charge in [-0.2, -0.15) is 5.10 Å². The summed E-state index contributed by atoms with van der Waals surface area (Å²) in [4.78, 5) is 16.3. The molecule has 0 aliphatic heterocycles. The number of carbonyl (C=O) groups excluding carboxylic acids is 1. The van der Waals surface area contributed by atoms with E-state index in [4.69, 9.17) is 11.6 Å². The van der Waals surface area contributed by atoms with Crippen molar-refractivity contribution in [2.24, 2.45) is 0 Å². The van der Waals surface area contributed by atoms with Gasteiger partial charge in [-0.1, -0.05) is 29.8 Å². The van der Waals surface area contributed by atoms with Crippen molar-refractivity contribution in [2.75, 3.05) is 11.1 Å². The lowest BCUT2D eigenvalue weighted by Crippen LogP contribution is -2.35. The fraction of sp³-hybridized carbons (Fsp3) is 0.0625. The van der Waals surface area contributed by atoms with E-state index in [0.29, 0.717) is 5.02 Å². The summed E-state index contributed by atoms with van der Waals surface area (Å²) in [6.07, 6.45) is 1.60.